The molecule has 0 spiro atoms. The minimum Gasteiger partial charge on any atom is -0.353 e. The van der Waals surface area contributed by atoms with Gasteiger partial charge in [0.15, 0.2) is 6.29 Å². The zero-order chi connectivity index (χ0) is 22.2. The fraction of sp³-hybridized carbons (Fsp3) is 1.00. The molecule has 8 heteroatoms. The molecule has 2 nitrogen and oxygen atoms in total. The third-order valence-corrected chi connectivity index (χ3v) is 9.22. The Hall–Kier alpha value is -0.500. The standard InChI is InChI=1S/C22H32F6O2/c1-5-29-12(4)30-20(21(23,24)25,22(26,27)28)9-14-6-13-7-17(14)19-16-8-15(18(13)19)10(2)11(16)3/h10-19H,5-9H2,1-4H3. The van der Waals surface area contributed by atoms with Crippen LogP contribution in [-0.4, -0.2) is 30.9 Å². The number of hydrogen-bond acceptors (Lipinski definition) is 2. The van der Waals surface area contributed by atoms with Gasteiger partial charge in [-0.3, -0.25) is 0 Å². The minimum absolute atomic E-state index is 0.0238. The summed E-state index contributed by atoms with van der Waals surface area (Å²) in [5, 5.41) is 0. The van der Waals surface area contributed by atoms with Crippen LogP contribution in [0, 0.1) is 53.3 Å². The molecule has 10 atom stereocenters. The summed E-state index contributed by atoms with van der Waals surface area (Å²) in [4.78, 5) is 0. The smallest absolute Gasteiger partial charge is 0.353 e. The van der Waals surface area contributed by atoms with Gasteiger partial charge in [-0.05, 0) is 92.8 Å². The second kappa shape index (κ2) is 7.26. The summed E-state index contributed by atoms with van der Waals surface area (Å²) in [7, 11) is 0. The summed E-state index contributed by atoms with van der Waals surface area (Å²) in [6, 6.07) is 0. The van der Waals surface area contributed by atoms with Crippen LogP contribution in [0.3, 0.4) is 0 Å². The molecule has 0 aromatic carbocycles. The maximum absolute atomic E-state index is 14.0. The van der Waals surface area contributed by atoms with Gasteiger partial charge in [0.1, 0.15) is 0 Å². The molecule has 4 bridgehead atoms. The van der Waals surface area contributed by atoms with E-state index in [2.05, 4.69) is 13.8 Å². The third-order valence-electron chi connectivity index (χ3n) is 9.22. The summed E-state index contributed by atoms with van der Waals surface area (Å²) >= 11 is 0. The molecule has 0 amide bonds. The topological polar surface area (TPSA) is 18.5 Å². The Morgan fingerprint density at radius 1 is 0.833 bits per heavy atom. The molecule has 0 radical (unpaired) electrons. The number of ether oxygens (including phenoxy) is 2. The van der Waals surface area contributed by atoms with E-state index in [1.54, 1.807) is 0 Å². The zero-order valence-electron chi connectivity index (χ0n) is 17.9. The lowest BCUT2D eigenvalue weighted by Crippen LogP contribution is -2.61. The van der Waals surface area contributed by atoms with Crippen molar-refractivity contribution in [1.82, 2.24) is 0 Å². The molecule has 0 heterocycles. The predicted molar refractivity (Wildman–Crippen MR) is 98.2 cm³/mol. The average molecular weight is 442 g/mol. The fourth-order valence-corrected chi connectivity index (χ4v) is 8.09. The van der Waals surface area contributed by atoms with Crippen molar-refractivity contribution in [2.45, 2.75) is 77.6 Å². The van der Waals surface area contributed by atoms with Crippen molar-refractivity contribution in [3.05, 3.63) is 0 Å². The molecule has 30 heavy (non-hydrogen) atoms. The summed E-state index contributed by atoms with van der Waals surface area (Å²) in [5.74, 6) is 2.52. The van der Waals surface area contributed by atoms with E-state index in [1.807, 2.05) is 0 Å². The molecule has 4 rings (SSSR count). The molecule has 0 saturated heterocycles. The van der Waals surface area contributed by atoms with Crippen molar-refractivity contribution >= 4 is 0 Å². The van der Waals surface area contributed by atoms with E-state index in [9.17, 15) is 26.3 Å². The van der Waals surface area contributed by atoms with Crippen molar-refractivity contribution in [2.75, 3.05) is 6.61 Å². The Kier molecular flexibility index (Phi) is 5.49. The van der Waals surface area contributed by atoms with Gasteiger partial charge in [-0.2, -0.15) is 26.3 Å². The molecule has 4 fully saturated rings. The van der Waals surface area contributed by atoms with E-state index < -0.39 is 36.6 Å². The van der Waals surface area contributed by atoms with Gasteiger partial charge in [-0.1, -0.05) is 13.8 Å². The highest BCUT2D eigenvalue weighted by Crippen LogP contribution is 2.72. The van der Waals surface area contributed by atoms with E-state index in [1.165, 1.54) is 6.92 Å². The van der Waals surface area contributed by atoms with Crippen LogP contribution in [0.1, 0.15) is 53.4 Å². The number of halogens is 6. The molecule has 0 aliphatic heterocycles. The Labute approximate surface area is 174 Å². The monoisotopic (exact) mass is 442 g/mol. The maximum Gasteiger partial charge on any atom is 0.426 e. The van der Waals surface area contributed by atoms with Gasteiger partial charge in [0, 0.05) is 6.61 Å². The lowest BCUT2D eigenvalue weighted by molar-refractivity contribution is -0.411. The molecular formula is C22H32F6O2. The lowest BCUT2D eigenvalue weighted by atomic mass is 9.61. The molecule has 0 aromatic rings. The van der Waals surface area contributed by atoms with Crippen LogP contribution in [0.25, 0.3) is 0 Å². The van der Waals surface area contributed by atoms with E-state index in [-0.39, 0.29) is 24.4 Å². The van der Waals surface area contributed by atoms with Crippen molar-refractivity contribution in [2.24, 2.45) is 53.3 Å². The van der Waals surface area contributed by atoms with Crippen molar-refractivity contribution in [3.8, 4) is 0 Å². The Bertz CT molecular complexity index is 633. The average Bonchev–Trinajstić information content (AvgIpc) is 3.32. The van der Waals surface area contributed by atoms with Crippen LogP contribution < -0.4 is 0 Å². The minimum atomic E-state index is -5.56. The van der Waals surface area contributed by atoms with E-state index in [0.29, 0.717) is 36.0 Å². The normalized spacial score (nSPS) is 44.0. The predicted octanol–water partition coefficient (Wildman–Crippen LogP) is 6.45. The van der Waals surface area contributed by atoms with Crippen LogP contribution in [-0.2, 0) is 9.47 Å². The number of fused-ring (bicyclic) bond motifs is 9. The summed E-state index contributed by atoms with van der Waals surface area (Å²) < 4.78 is 93.6. The first-order valence-corrected chi connectivity index (χ1v) is 11.2. The number of alkyl halides is 6. The zero-order valence-corrected chi connectivity index (χ0v) is 17.9. The van der Waals surface area contributed by atoms with Crippen LogP contribution in [0.15, 0.2) is 0 Å². The molecule has 4 saturated carbocycles. The molecule has 4 aliphatic carbocycles. The highest BCUT2D eigenvalue weighted by molar-refractivity contribution is 5.15. The van der Waals surface area contributed by atoms with Crippen LogP contribution in [0.4, 0.5) is 26.3 Å². The highest BCUT2D eigenvalue weighted by Gasteiger charge is 2.75. The highest BCUT2D eigenvalue weighted by atomic mass is 19.4. The van der Waals surface area contributed by atoms with Crippen molar-refractivity contribution in [3.63, 3.8) is 0 Å². The maximum atomic E-state index is 14.0. The second-order valence-corrected chi connectivity index (χ2v) is 10.3. The molecule has 10 unspecified atom stereocenters. The fourth-order valence-electron chi connectivity index (χ4n) is 8.09. The molecule has 4 aliphatic rings. The van der Waals surface area contributed by atoms with E-state index in [4.69, 9.17) is 9.47 Å². The third kappa shape index (κ3) is 3.13. The van der Waals surface area contributed by atoms with Gasteiger partial charge >= 0.3 is 12.4 Å². The quantitative estimate of drug-likeness (QED) is 0.267. The first kappa shape index (κ1) is 22.7. The largest absolute Gasteiger partial charge is 0.426 e. The Balaban J connectivity index is 1.60. The SMILES string of the molecule is CCOC(C)OC(CC1CC2CC1C1C3CC(C(C)C3C)C21)(C(F)(F)F)C(F)(F)F. The van der Waals surface area contributed by atoms with Gasteiger partial charge in [-0.25, -0.2) is 0 Å². The molecule has 174 valence electrons. The van der Waals surface area contributed by atoms with E-state index in [0.717, 1.165) is 19.8 Å². The summed E-state index contributed by atoms with van der Waals surface area (Å²) in [6.07, 6.45) is -11.4. The summed E-state index contributed by atoms with van der Waals surface area (Å²) in [6.45, 7) is 7.05. The van der Waals surface area contributed by atoms with Crippen LogP contribution in [0.5, 0.6) is 0 Å². The number of hydrogen-bond donors (Lipinski definition) is 0. The molecular weight excluding hydrogens is 410 g/mol. The first-order chi connectivity index (χ1) is 13.8. The van der Waals surface area contributed by atoms with Gasteiger partial charge in [0.05, 0.1) is 0 Å². The van der Waals surface area contributed by atoms with Crippen molar-refractivity contribution in [1.29, 1.82) is 0 Å². The second-order valence-electron chi connectivity index (χ2n) is 10.3. The Morgan fingerprint density at radius 2 is 1.40 bits per heavy atom. The van der Waals surface area contributed by atoms with Gasteiger partial charge in [0.2, 0.25) is 0 Å². The summed E-state index contributed by atoms with van der Waals surface area (Å²) in [5.41, 5.74) is -4.18. The number of rotatable bonds is 6. The Morgan fingerprint density at radius 3 is 1.93 bits per heavy atom. The molecule has 0 N–H and O–H groups in total. The van der Waals surface area contributed by atoms with Gasteiger partial charge < -0.3 is 9.47 Å². The molecule has 0 aromatic heterocycles. The first-order valence-electron chi connectivity index (χ1n) is 11.2. The van der Waals surface area contributed by atoms with Gasteiger partial charge in [0.25, 0.3) is 5.60 Å². The lowest BCUT2D eigenvalue weighted by Gasteiger charge is -2.46. The van der Waals surface area contributed by atoms with Crippen molar-refractivity contribution < 1.29 is 35.8 Å². The van der Waals surface area contributed by atoms with Gasteiger partial charge in [-0.15, -0.1) is 0 Å². The van der Waals surface area contributed by atoms with Crippen LogP contribution >= 0.6 is 0 Å². The van der Waals surface area contributed by atoms with E-state index >= 15 is 0 Å². The van der Waals surface area contributed by atoms with Crippen LogP contribution in [0.2, 0.25) is 0 Å².